The maximum absolute atomic E-state index is 8.30. The standard InChI is InChI=1S/C2H8OP2/c3-2(5)1-4/h2-3H,1,4-5H2. The molecule has 0 radical (unpaired) electrons. The van der Waals surface area contributed by atoms with Crippen molar-refractivity contribution in [3.8, 4) is 0 Å². The number of hydrogen-bond donors (Lipinski definition) is 1. The van der Waals surface area contributed by atoms with Gasteiger partial charge in [-0.15, -0.1) is 18.5 Å². The molecule has 0 aromatic heterocycles. The largest absolute Gasteiger partial charge is 0.389 e. The van der Waals surface area contributed by atoms with Crippen LogP contribution in [-0.2, 0) is 0 Å². The lowest BCUT2D eigenvalue weighted by Gasteiger charge is -1.90. The summed E-state index contributed by atoms with van der Waals surface area (Å²) >= 11 is 0. The van der Waals surface area contributed by atoms with Crippen molar-refractivity contribution in [1.82, 2.24) is 0 Å². The van der Waals surface area contributed by atoms with Gasteiger partial charge < -0.3 is 5.11 Å². The molecule has 32 valence electrons. The first-order chi connectivity index (χ1) is 2.27. The van der Waals surface area contributed by atoms with Crippen molar-refractivity contribution in [2.75, 3.05) is 6.16 Å². The molecule has 0 aliphatic heterocycles. The Bertz CT molecular complexity index is 21.6. The summed E-state index contributed by atoms with van der Waals surface area (Å²) in [6.45, 7) is 0. The van der Waals surface area contributed by atoms with E-state index < -0.39 is 0 Å². The molecule has 0 saturated heterocycles. The molecular weight excluding hydrogens is 102 g/mol. The molecule has 3 atom stereocenters. The Morgan fingerprint density at radius 2 is 2.00 bits per heavy atom. The molecule has 3 heteroatoms. The second kappa shape index (κ2) is 3.03. The highest BCUT2D eigenvalue weighted by molar-refractivity contribution is 7.22. The molecule has 0 bridgehead atoms. The van der Waals surface area contributed by atoms with E-state index in [0.29, 0.717) is 0 Å². The molecule has 5 heavy (non-hydrogen) atoms. The topological polar surface area (TPSA) is 20.2 Å². The second-order valence-electron chi connectivity index (χ2n) is 0.803. The van der Waals surface area contributed by atoms with Crippen molar-refractivity contribution in [3.63, 3.8) is 0 Å². The molecule has 0 aromatic rings. The van der Waals surface area contributed by atoms with Gasteiger partial charge in [0.2, 0.25) is 0 Å². The Balaban J connectivity index is 2.54. The normalized spacial score (nSPS) is 15.0. The van der Waals surface area contributed by atoms with Crippen molar-refractivity contribution < 1.29 is 5.11 Å². The Morgan fingerprint density at radius 1 is 1.80 bits per heavy atom. The van der Waals surface area contributed by atoms with E-state index >= 15 is 0 Å². The molecule has 0 spiro atoms. The molecule has 0 rings (SSSR count). The number of aliphatic hydroxyl groups is 1. The van der Waals surface area contributed by atoms with E-state index in [0.717, 1.165) is 6.16 Å². The molecule has 0 saturated carbocycles. The summed E-state index contributed by atoms with van der Waals surface area (Å²) in [5, 5.41) is 8.30. The van der Waals surface area contributed by atoms with E-state index in [2.05, 4.69) is 18.5 Å². The van der Waals surface area contributed by atoms with Gasteiger partial charge in [0.05, 0.1) is 5.85 Å². The van der Waals surface area contributed by atoms with E-state index in [4.69, 9.17) is 5.11 Å². The molecule has 0 aliphatic rings. The Hall–Kier alpha value is 0.820. The summed E-state index contributed by atoms with van der Waals surface area (Å²) in [5.74, 6) is -0.236. The van der Waals surface area contributed by atoms with Crippen LogP contribution in [0.4, 0.5) is 0 Å². The number of hydrogen-bond acceptors (Lipinski definition) is 1. The highest BCUT2D eigenvalue weighted by Gasteiger charge is 1.81. The minimum absolute atomic E-state index is 0.236. The molecule has 3 unspecified atom stereocenters. The first kappa shape index (κ1) is 5.82. The maximum atomic E-state index is 8.30. The third-order valence-corrected chi connectivity index (χ3v) is 1.54. The number of aliphatic hydroxyl groups excluding tert-OH is 1. The summed E-state index contributed by atoms with van der Waals surface area (Å²) in [7, 11) is 4.69. The second-order valence-corrected chi connectivity index (χ2v) is 2.04. The molecule has 0 heterocycles. The number of rotatable bonds is 1. The van der Waals surface area contributed by atoms with Crippen LogP contribution in [0.2, 0.25) is 0 Å². The first-order valence-electron chi connectivity index (χ1n) is 1.41. The minimum Gasteiger partial charge on any atom is -0.389 e. The summed E-state index contributed by atoms with van der Waals surface area (Å²) in [4.78, 5) is 0. The fourth-order valence-electron chi connectivity index (χ4n) is 0. The van der Waals surface area contributed by atoms with Crippen LogP contribution in [0.15, 0.2) is 0 Å². The minimum atomic E-state index is -0.236. The maximum Gasteiger partial charge on any atom is 0.0708 e. The zero-order valence-electron chi connectivity index (χ0n) is 2.89. The lowest BCUT2D eigenvalue weighted by atomic mass is 10.9. The Morgan fingerprint density at radius 3 is 2.00 bits per heavy atom. The fourth-order valence-corrected chi connectivity index (χ4v) is 0. The summed E-state index contributed by atoms with van der Waals surface area (Å²) in [5.41, 5.74) is 0. The fraction of sp³-hybridized carbons (Fsp3) is 1.00. The van der Waals surface area contributed by atoms with E-state index in [1.165, 1.54) is 0 Å². The monoisotopic (exact) mass is 110 g/mol. The Labute approximate surface area is 36.6 Å². The molecular formula is C2H8OP2. The van der Waals surface area contributed by atoms with Crippen LogP contribution in [0.3, 0.4) is 0 Å². The van der Waals surface area contributed by atoms with Crippen molar-refractivity contribution in [2.24, 2.45) is 0 Å². The quantitative estimate of drug-likeness (QED) is 0.473. The lowest BCUT2D eigenvalue weighted by Crippen LogP contribution is -1.92. The van der Waals surface area contributed by atoms with Crippen molar-refractivity contribution in [2.45, 2.75) is 5.85 Å². The summed E-state index contributed by atoms with van der Waals surface area (Å²) in [6.07, 6.45) is 0.741. The zero-order chi connectivity index (χ0) is 4.28. The molecule has 1 nitrogen and oxygen atoms in total. The summed E-state index contributed by atoms with van der Waals surface area (Å²) in [6, 6.07) is 0. The highest BCUT2D eigenvalue weighted by Crippen LogP contribution is 1.96. The Kier molecular flexibility index (Phi) is 3.52. The van der Waals surface area contributed by atoms with Crippen LogP contribution in [-0.4, -0.2) is 17.1 Å². The van der Waals surface area contributed by atoms with Gasteiger partial charge in [-0.1, -0.05) is 0 Å². The van der Waals surface area contributed by atoms with Gasteiger partial charge in [0.1, 0.15) is 0 Å². The third-order valence-electron chi connectivity index (χ3n) is 0.241. The van der Waals surface area contributed by atoms with E-state index in [9.17, 15) is 0 Å². The van der Waals surface area contributed by atoms with Crippen LogP contribution in [0.5, 0.6) is 0 Å². The molecule has 0 aromatic carbocycles. The molecule has 0 fully saturated rings. The van der Waals surface area contributed by atoms with Crippen LogP contribution >= 0.6 is 18.5 Å². The zero-order valence-corrected chi connectivity index (χ0v) is 5.20. The van der Waals surface area contributed by atoms with Crippen molar-refractivity contribution in [3.05, 3.63) is 0 Å². The van der Waals surface area contributed by atoms with Crippen LogP contribution < -0.4 is 0 Å². The SMILES string of the molecule is OC(P)CP. The first-order valence-corrected chi connectivity index (χ1v) is 2.89. The van der Waals surface area contributed by atoms with Crippen LogP contribution in [0.25, 0.3) is 0 Å². The van der Waals surface area contributed by atoms with Gasteiger partial charge in [-0.25, -0.2) is 0 Å². The van der Waals surface area contributed by atoms with Gasteiger partial charge in [-0.3, -0.25) is 0 Å². The van der Waals surface area contributed by atoms with Gasteiger partial charge in [0.25, 0.3) is 0 Å². The van der Waals surface area contributed by atoms with Crippen LogP contribution in [0, 0.1) is 0 Å². The third kappa shape index (κ3) is 4.82. The molecule has 1 N–H and O–H groups in total. The van der Waals surface area contributed by atoms with Gasteiger partial charge in [0.15, 0.2) is 0 Å². The average Bonchev–Trinajstić information content (AvgIpc) is 1.38. The predicted molar refractivity (Wildman–Crippen MR) is 30.3 cm³/mol. The molecule has 0 amide bonds. The van der Waals surface area contributed by atoms with Crippen molar-refractivity contribution >= 4 is 18.5 Å². The van der Waals surface area contributed by atoms with E-state index in [1.54, 1.807) is 0 Å². The van der Waals surface area contributed by atoms with Gasteiger partial charge in [0, 0.05) is 0 Å². The van der Waals surface area contributed by atoms with Gasteiger partial charge >= 0.3 is 0 Å². The van der Waals surface area contributed by atoms with E-state index in [1.807, 2.05) is 0 Å². The van der Waals surface area contributed by atoms with Gasteiger partial charge in [-0.05, 0) is 6.16 Å². The lowest BCUT2D eigenvalue weighted by molar-refractivity contribution is 0.287. The predicted octanol–water partition coefficient (Wildman–Crippen LogP) is 0.0550. The average molecular weight is 110 g/mol. The van der Waals surface area contributed by atoms with E-state index in [-0.39, 0.29) is 5.85 Å². The molecule has 0 aliphatic carbocycles. The smallest absolute Gasteiger partial charge is 0.0708 e. The highest BCUT2D eigenvalue weighted by atomic mass is 31.0. The summed E-state index contributed by atoms with van der Waals surface area (Å²) < 4.78 is 0. The van der Waals surface area contributed by atoms with Crippen molar-refractivity contribution in [1.29, 1.82) is 0 Å². The van der Waals surface area contributed by atoms with Gasteiger partial charge in [-0.2, -0.15) is 0 Å². The van der Waals surface area contributed by atoms with Crippen LogP contribution in [0.1, 0.15) is 0 Å².